The Labute approximate surface area is 114 Å². The lowest BCUT2D eigenvalue weighted by molar-refractivity contribution is 0.0587. The van der Waals surface area contributed by atoms with Crippen molar-refractivity contribution in [1.29, 1.82) is 0 Å². The van der Waals surface area contributed by atoms with Crippen molar-refractivity contribution in [2.75, 3.05) is 0 Å². The Morgan fingerprint density at radius 1 is 1.39 bits per heavy atom. The van der Waals surface area contributed by atoms with Gasteiger partial charge in [-0.2, -0.15) is 0 Å². The molecule has 1 atom stereocenters. The molecule has 3 nitrogen and oxygen atoms in total. The van der Waals surface area contributed by atoms with Gasteiger partial charge < -0.3 is 10.4 Å². The second-order valence-corrected chi connectivity index (χ2v) is 7.46. The minimum Gasteiger partial charge on any atom is -0.393 e. The van der Waals surface area contributed by atoms with Crippen molar-refractivity contribution in [3.63, 3.8) is 0 Å². The van der Waals surface area contributed by atoms with Crippen LogP contribution in [0, 0.1) is 6.92 Å². The zero-order chi connectivity index (χ0) is 13.5. The van der Waals surface area contributed by atoms with Gasteiger partial charge in [-0.1, -0.05) is 20.8 Å². The Morgan fingerprint density at radius 3 is 2.44 bits per heavy atom. The molecule has 0 spiro atoms. The molecule has 4 heteroatoms. The van der Waals surface area contributed by atoms with Crippen LogP contribution in [0.25, 0.3) is 0 Å². The summed E-state index contributed by atoms with van der Waals surface area (Å²) in [6, 6.07) is 0.797. The first-order valence-corrected chi connectivity index (χ1v) is 7.51. The monoisotopic (exact) mass is 268 g/mol. The molecule has 0 bridgehead atoms. The fourth-order valence-electron chi connectivity index (χ4n) is 2.28. The Kier molecular flexibility index (Phi) is 3.81. The number of nitrogens with one attached hydrogen (secondary N) is 1. The Balaban J connectivity index is 2.06. The van der Waals surface area contributed by atoms with Crippen LogP contribution in [0.2, 0.25) is 0 Å². The predicted octanol–water partition coefficient (Wildman–Crippen LogP) is 2.92. The maximum absolute atomic E-state index is 9.32. The molecule has 0 amide bonds. The maximum Gasteiger partial charge on any atom is 0.0985 e. The van der Waals surface area contributed by atoms with Crippen LogP contribution in [0.5, 0.6) is 0 Å². The fourth-order valence-corrected chi connectivity index (χ4v) is 3.42. The molecule has 1 aliphatic carbocycles. The van der Waals surface area contributed by atoms with E-state index in [1.165, 1.54) is 9.88 Å². The van der Waals surface area contributed by atoms with E-state index in [0.717, 1.165) is 18.5 Å². The molecule has 1 aromatic heterocycles. The lowest BCUT2D eigenvalue weighted by Crippen LogP contribution is -2.44. The van der Waals surface area contributed by atoms with E-state index in [1.54, 1.807) is 0 Å². The summed E-state index contributed by atoms with van der Waals surface area (Å²) in [5.74, 6) is 0. The Hall–Kier alpha value is -0.450. The van der Waals surface area contributed by atoms with Crippen molar-refractivity contribution in [2.24, 2.45) is 0 Å². The zero-order valence-electron chi connectivity index (χ0n) is 11.9. The van der Waals surface area contributed by atoms with Gasteiger partial charge in [-0.25, -0.2) is 4.98 Å². The van der Waals surface area contributed by atoms with Gasteiger partial charge >= 0.3 is 0 Å². The summed E-state index contributed by atoms with van der Waals surface area (Å²) in [6.45, 7) is 10.9. The number of nitrogens with zero attached hydrogens (tertiary/aromatic N) is 1. The van der Waals surface area contributed by atoms with Gasteiger partial charge in [0.1, 0.15) is 0 Å². The fraction of sp³-hybridized carbons (Fsp3) is 0.786. The minimum atomic E-state index is -0.0950. The van der Waals surface area contributed by atoms with Crippen LogP contribution in [0.1, 0.15) is 62.2 Å². The highest BCUT2D eigenvalue weighted by Gasteiger charge is 2.29. The van der Waals surface area contributed by atoms with Crippen molar-refractivity contribution in [1.82, 2.24) is 10.3 Å². The molecule has 1 fully saturated rings. The number of aliphatic hydroxyl groups excluding tert-OH is 1. The van der Waals surface area contributed by atoms with Crippen molar-refractivity contribution >= 4 is 11.3 Å². The average Bonchev–Trinajstić information content (AvgIpc) is 2.57. The Bertz CT molecular complexity index is 416. The summed E-state index contributed by atoms with van der Waals surface area (Å²) in [4.78, 5) is 6.03. The highest BCUT2D eigenvalue weighted by atomic mass is 32.1. The molecule has 1 unspecified atom stereocenters. The van der Waals surface area contributed by atoms with Gasteiger partial charge in [-0.15, -0.1) is 11.3 Å². The van der Waals surface area contributed by atoms with Crippen LogP contribution >= 0.6 is 11.3 Å². The standard InChI is InChI=1S/C14H24N2OS/c1-8(15-10-6-11(17)7-10)12-9(2)16-13(18-12)14(3,4)5/h8,10-11,15,17H,6-7H2,1-5H3. The molecule has 0 radical (unpaired) electrons. The van der Waals surface area contributed by atoms with Gasteiger partial charge in [-0.05, 0) is 26.7 Å². The number of aliphatic hydroxyl groups is 1. The van der Waals surface area contributed by atoms with Crippen LogP contribution in [0.3, 0.4) is 0 Å². The molecule has 2 rings (SSSR count). The van der Waals surface area contributed by atoms with E-state index < -0.39 is 0 Å². The molecule has 102 valence electrons. The molecule has 0 aromatic carbocycles. The second kappa shape index (κ2) is 4.91. The van der Waals surface area contributed by atoms with Crippen molar-refractivity contribution in [3.05, 3.63) is 15.6 Å². The van der Waals surface area contributed by atoms with E-state index in [9.17, 15) is 5.11 Å². The van der Waals surface area contributed by atoms with Gasteiger partial charge in [0.05, 0.1) is 16.8 Å². The number of hydrogen-bond donors (Lipinski definition) is 2. The SMILES string of the molecule is Cc1nc(C(C)(C)C)sc1C(C)NC1CC(O)C1. The van der Waals surface area contributed by atoms with Crippen molar-refractivity contribution in [2.45, 2.75) is 71.1 Å². The van der Waals surface area contributed by atoms with E-state index >= 15 is 0 Å². The van der Waals surface area contributed by atoms with Crippen molar-refractivity contribution < 1.29 is 5.11 Å². The summed E-state index contributed by atoms with van der Waals surface area (Å²) < 4.78 is 0. The first-order chi connectivity index (χ1) is 8.27. The minimum absolute atomic E-state index is 0.0950. The average molecular weight is 268 g/mol. The number of aromatic nitrogens is 1. The van der Waals surface area contributed by atoms with Gasteiger partial charge in [0, 0.05) is 22.4 Å². The van der Waals surface area contributed by atoms with Crippen LogP contribution in [-0.4, -0.2) is 22.2 Å². The molecule has 0 aliphatic heterocycles. The van der Waals surface area contributed by atoms with Gasteiger partial charge in [0.15, 0.2) is 0 Å². The third-order valence-electron chi connectivity index (χ3n) is 3.47. The normalized spacial score (nSPS) is 25.9. The van der Waals surface area contributed by atoms with E-state index in [-0.39, 0.29) is 11.5 Å². The molecular weight excluding hydrogens is 244 g/mol. The van der Waals surface area contributed by atoms with E-state index in [2.05, 4.69) is 39.9 Å². The Morgan fingerprint density at radius 2 is 2.00 bits per heavy atom. The van der Waals surface area contributed by atoms with E-state index in [0.29, 0.717) is 12.1 Å². The molecule has 2 N–H and O–H groups in total. The first-order valence-electron chi connectivity index (χ1n) is 6.69. The lowest BCUT2D eigenvalue weighted by Gasteiger charge is -2.34. The van der Waals surface area contributed by atoms with Gasteiger partial charge in [0.25, 0.3) is 0 Å². The van der Waals surface area contributed by atoms with Crippen molar-refractivity contribution in [3.8, 4) is 0 Å². The molecule has 1 heterocycles. The van der Waals surface area contributed by atoms with E-state index in [4.69, 9.17) is 4.98 Å². The highest BCUT2D eigenvalue weighted by Crippen LogP contribution is 2.33. The smallest absolute Gasteiger partial charge is 0.0985 e. The van der Waals surface area contributed by atoms with Gasteiger partial charge in [-0.3, -0.25) is 0 Å². The summed E-state index contributed by atoms with van der Waals surface area (Å²) >= 11 is 1.82. The molecule has 1 saturated carbocycles. The quantitative estimate of drug-likeness (QED) is 0.886. The molecule has 18 heavy (non-hydrogen) atoms. The first kappa shape index (κ1) is 14.0. The molecule has 1 aliphatic rings. The highest BCUT2D eigenvalue weighted by molar-refractivity contribution is 7.12. The number of rotatable bonds is 3. The van der Waals surface area contributed by atoms with Gasteiger partial charge in [0.2, 0.25) is 0 Å². The topological polar surface area (TPSA) is 45.2 Å². The maximum atomic E-state index is 9.32. The summed E-state index contributed by atoms with van der Waals surface area (Å²) in [5.41, 5.74) is 1.27. The number of thiazole rings is 1. The predicted molar refractivity (Wildman–Crippen MR) is 76.1 cm³/mol. The summed E-state index contributed by atoms with van der Waals surface area (Å²) in [7, 11) is 0. The van der Waals surface area contributed by atoms with E-state index in [1.807, 2.05) is 11.3 Å². The molecular formula is C14H24N2OS. The molecule has 0 saturated heterocycles. The van der Waals surface area contributed by atoms with Crippen LogP contribution < -0.4 is 5.32 Å². The summed E-state index contributed by atoms with van der Waals surface area (Å²) in [5, 5.41) is 14.1. The van der Waals surface area contributed by atoms with Crippen LogP contribution in [0.4, 0.5) is 0 Å². The largest absolute Gasteiger partial charge is 0.393 e. The molecule has 1 aromatic rings. The summed E-state index contributed by atoms with van der Waals surface area (Å²) in [6.07, 6.45) is 1.67. The van der Waals surface area contributed by atoms with Crippen LogP contribution in [-0.2, 0) is 5.41 Å². The van der Waals surface area contributed by atoms with Crippen LogP contribution in [0.15, 0.2) is 0 Å². The zero-order valence-corrected chi connectivity index (χ0v) is 12.8. The number of aryl methyl sites for hydroxylation is 1. The second-order valence-electron chi connectivity index (χ2n) is 6.43. The third kappa shape index (κ3) is 2.92. The lowest BCUT2D eigenvalue weighted by atomic mass is 9.89. The third-order valence-corrected chi connectivity index (χ3v) is 5.23. The number of hydrogen-bond acceptors (Lipinski definition) is 4.